The molecule has 0 bridgehead atoms. The largest absolute Gasteiger partial charge is 0.494 e. The number of ether oxygens (including phenoxy) is 2. The number of hydrogen-bond acceptors (Lipinski definition) is 4. The lowest BCUT2D eigenvalue weighted by molar-refractivity contribution is -0.178. The molecule has 5 nitrogen and oxygen atoms in total. The van der Waals surface area contributed by atoms with E-state index in [0.29, 0.717) is 24.5 Å². The van der Waals surface area contributed by atoms with Crippen molar-refractivity contribution in [3.63, 3.8) is 0 Å². The maximum Gasteiger partial charge on any atom is 0.333 e. The van der Waals surface area contributed by atoms with Crippen molar-refractivity contribution in [2.75, 3.05) is 6.61 Å². The van der Waals surface area contributed by atoms with Crippen LogP contribution in [0.1, 0.15) is 43.1 Å². The molecule has 1 fully saturated rings. The van der Waals surface area contributed by atoms with Crippen molar-refractivity contribution in [3.8, 4) is 5.75 Å². The van der Waals surface area contributed by atoms with Gasteiger partial charge in [0.1, 0.15) is 5.75 Å². The molecule has 2 aromatic rings. The van der Waals surface area contributed by atoms with Crippen LogP contribution in [0.2, 0.25) is 5.02 Å². The highest BCUT2D eigenvalue weighted by molar-refractivity contribution is 6.31. The van der Waals surface area contributed by atoms with Gasteiger partial charge in [-0.15, -0.1) is 0 Å². The standard InChI is InChI=1S/C22H25ClO5/c1-3-27-17-7-4-14(5-8-17)10-16-11-15(6-9-18(16)23)20-12-19(24)13(2)21(28-20)22(25)26/h4-9,11,13,19-21,24H,3,10,12H2,1-2H3,(H,25,26). The van der Waals surface area contributed by atoms with Crippen LogP contribution in [0, 0.1) is 5.92 Å². The summed E-state index contributed by atoms with van der Waals surface area (Å²) in [6.07, 6.45) is -1.25. The van der Waals surface area contributed by atoms with E-state index >= 15 is 0 Å². The minimum absolute atomic E-state index is 0.356. The van der Waals surface area contributed by atoms with Crippen LogP contribution < -0.4 is 4.74 Å². The van der Waals surface area contributed by atoms with E-state index in [2.05, 4.69) is 0 Å². The number of carboxylic acids is 1. The van der Waals surface area contributed by atoms with Gasteiger partial charge in [-0.1, -0.05) is 42.8 Å². The van der Waals surface area contributed by atoms with E-state index in [0.717, 1.165) is 22.4 Å². The molecule has 1 saturated heterocycles. The van der Waals surface area contributed by atoms with Gasteiger partial charge in [-0.05, 0) is 48.2 Å². The molecule has 0 radical (unpaired) electrons. The number of benzene rings is 2. The van der Waals surface area contributed by atoms with Crippen molar-refractivity contribution >= 4 is 17.6 Å². The zero-order valence-corrected chi connectivity index (χ0v) is 16.7. The molecular formula is C22H25ClO5. The molecule has 2 N–H and O–H groups in total. The zero-order valence-electron chi connectivity index (χ0n) is 16.0. The molecule has 1 aliphatic heterocycles. The van der Waals surface area contributed by atoms with Gasteiger partial charge in [0.2, 0.25) is 0 Å². The smallest absolute Gasteiger partial charge is 0.333 e. The normalized spacial score (nSPS) is 24.7. The Bertz CT molecular complexity index is 820. The Balaban J connectivity index is 1.80. The molecule has 0 amide bonds. The average molecular weight is 405 g/mol. The minimum Gasteiger partial charge on any atom is -0.494 e. The molecule has 6 heteroatoms. The summed E-state index contributed by atoms with van der Waals surface area (Å²) in [5.41, 5.74) is 2.83. The first kappa shape index (κ1) is 20.6. The van der Waals surface area contributed by atoms with Crippen LogP contribution in [0.4, 0.5) is 0 Å². The van der Waals surface area contributed by atoms with E-state index < -0.39 is 30.2 Å². The van der Waals surface area contributed by atoms with Crippen LogP contribution in [0.25, 0.3) is 0 Å². The molecule has 2 aromatic carbocycles. The van der Waals surface area contributed by atoms with E-state index in [1.807, 2.05) is 43.3 Å². The first-order valence-corrected chi connectivity index (χ1v) is 9.83. The van der Waals surface area contributed by atoms with Crippen molar-refractivity contribution in [3.05, 3.63) is 64.2 Å². The fraction of sp³-hybridized carbons (Fsp3) is 0.409. The summed E-state index contributed by atoms with van der Waals surface area (Å²) >= 11 is 6.39. The first-order valence-electron chi connectivity index (χ1n) is 9.45. The van der Waals surface area contributed by atoms with Gasteiger partial charge in [0.15, 0.2) is 6.10 Å². The Kier molecular flexibility index (Phi) is 6.60. The molecule has 28 heavy (non-hydrogen) atoms. The van der Waals surface area contributed by atoms with Gasteiger partial charge in [-0.2, -0.15) is 0 Å². The number of hydrogen-bond donors (Lipinski definition) is 2. The second kappa shape index (κ2) is 8.95. The fourth-order valence-electron chi connectivity index (χ4n) is 3.51. The van der Waals surface area contributed by atoms with Crippen molar-refractivity contribution < 1.29 is 24.5 Å². The highest BCUT2D eigenvalue weighted by atomic mass is 35.5. The lowest BCUT2D eigenvalue weighted by Gasteiger charge is -2.36. The summed E-state index contributed by atoms with van der Waals surface area (Å²) in [5, 5.41) is 20.3. The molecular weight excluding hydrogens is 380 g/mol. The predicted molar refractivity (Wildman–Crippen MR) is 107 cm³/mol. The van der Waals surface area contributed by atoms with Gasteiger partial charge in [-0.25, -0.2) is 4.79 Å². The monoisotopic (exact) mass is 404 g/mol. The third-order valence-electron chi connectivity index (χ3n) is 5.16. The molecule has 0 aliphatic carbocycles. The van der Waals surface area contributed by atoms with Gasteiger partial charge >= 0.3 is 5.97 Å². The average Bonchev–Trinajstić information content (AvgIpc) is 2.67. The van der Waals surface area contributed by atoms with Gasteiger partial charge in [-0.3, -0.25) is 0 Å². The Morgan fingerprint density at radius 3 is 2.61 bits per heavy atom. The summed E-state index contributed by atoms with van der Waals surface area (Å²) < 4.78 is 11.3. The summed E-state index contributed by atoms with van der Waals surface area (Å²) in [4.78, 5) is 11.5. The highest BCUT2D eigenvalue weighted by Crippen LogP contribution is 2.36. The Labute approximate surface area is 169 Å². The van der Waals surface area contributed by atoms with Gasteiger partial charge in [0.25, 0.3) is 0 Å². The molecule has 4 atom stereocenters. The molecule has 4 unspecified atom stereocenters. The van der Waals surface area contributed by atoms with Crippen molar-refractivity contribution in [2.45, 2.75) is 45.0 Å². The lowest BCUT2D eigenvalue weighted by atomic mass is 9.87. The van der Waals surface area contributed by atoms with Crippen molar-refractivity contribution in [2.24, 2.45) is 5.92 Å². The van der Waals surface area contributed by atoms with Crippen molar-refractivity contribution in [1.82, 2.24) is 0 Å². The Morgan fingerprint density at radius 1 is 1.25 bits per heavy atom. The molecule has 0 spiro atoms. The maximum absolute atomic E-state index is 11.5. The quantitative estimate of drug-likeness (QED) is 0.753. The van der Waals surface area contributed by atoms with Gasteiger partial charge < -0.3 is 19.7 Å². The Morgan fingerprint density at radius 2 is 1.96 bits per heavy atom. The number of aliphatic carboxylic acids is 1. The van der Waals surface area contributed by atoms with Crippen LogP contribution in [-0.2, 0) is 16.0 Å². The number of rotatable bonds is 6. The SMILES string of the molecule is CCOc1ccc(Cc2cc(C3CC(O)C(C)C(C(=O)O)O3)ccc2Cl)cc1. The third-order valence-corrected chi connectivity index (χ3v) is 5.53. The van der Waals surface area contributed by atoms with Crippen molar-refractivity contribution in [1.29, 1.82) is 0 Å². The summed E-state index contributed by atoms with van der Waals surface area (Å²) in [7, 11) is 0. The predicted octanol–water partition coefficient (Wildman–Crippen LogP) is 4.24. The molecule has 0 aromatic heterocycles. The second-order valence-electron chi connectivity index (χ2n) is 7.15. The van der Waals surface area contributed by atoms with E-state index in [4.69, 9.17) is 21.1 Å². The van der Waals surface area contributed by atoms with Gasteiger partial charge in [0.05, 0.1) is 18.8 Å². The Hall–Kier alpha value is -2.08. The van der Waals surface area contributed by atoms with Crippen LogP contribution >= 0.6 is 11.6 Å². The number of halogens is 1. The summed E-state index contributed by atoms with van der Waals surface area (Å²) in [5.74, 6) is -0.686. The maximum atomic E-state index is 11.5. The number of carbonyl (C=O) groups is 1. The third kappa shape index (κ3) is 4.66. The molecule has 0 saturated carbocycles. The molecule has 3 rings (SSSR count). The number of carboxylic acid groups (broad SMARTS) is 1. The van der Waals surface area contributed by atoms with Crippen LogP contribution in [-0.4, -0.2) is 35.0 Å². The minimum atomic E-state index is -1.06. The number of aliphatic hydroxyl groups excluding tert-OH is 1. The fourth-order valence-corrected chi connectivity index (χ4v) is 3.69. The van der Waals surface area contributed by atoms with E-state index in [1.54, 1.807) is 13.0 Å². The van der Waals surface area contributed by atoms with E-state index in [1.165, 1.54) is 0 Å². The number of aliphatic hydroxyl groups is 1. The molecule has 1 heterocycles. The highest BCUT2D eigenvalue weighted by Gasteiger charge is 2.39. The van der Waals surface area contributed by atoms with Gasteiger partial charge in [0, 0.05) is 17.4 Å². The van der Waals surface area contributed by atoms with Crippen LogP contribution in [0.3, 0.4) is 0 Å². The van der Waals surface area contributed by atoms with Crippen LogP contribution in [0.5, 0.6) is 5.75 Å². The molecule has 150 valence electrons. The summed E-state index contributed by atoms with van der Waals surface area (Å²) in [6, 6.07) is 13.4. The van der Waals surface area contributed by atoms with Crippen LogP contribution in [0.15, 0.2) is 42.5 Å². The van der Waals surface area contributed by atoms with E-state index in [-0.39, 0.29) is 0 Å². The zero-order chi connectivity index (χ0) is 20.3. The summed E-state index contributed by atoms with van der Waals surface area (Å²) in [6.45, 7) is 4.26. The second-order valence-corrected chi connectivity index (χ2v) is 7.56. The first-order chi connectivity index (χ1) is 13.4. The van der Waals surface area contributed by atoms with E-state index in [9.17, 15) is 15.0 Å². The molecule has 1 aliphatic rings. The lowest BCUT2D eigenvalue weighted by Crippen LogP contribution is -2.44. The topological polar surface area (TPSA) is 76.0 Å².